The zero-order valence-electron chi connectivity index (χ0n) is 11.9. The summed E-state index contributed by atoms with van der Waals surface area (Å²) < 4.78 is 1.62. The van der Waals surface area contributed by atoms with Crippen molar-refractivity contribution in [2.24, 2.45) is 0 Å². The molecule has 7 heteroatoms. The Morgan fingerprint density at radius 2 is 2.00 bits per heavy atom. The van der Waals surface area contributed by atoms with Crippen LogP contribution in [0, 0.1) is 0 Å². The minimum absolute atomic E-state index is 0.00370. The molecule has 1 aromatic carbocycles. The zero-order valence-corrected chi connectivity index (χ0v) is 11.9. The molecule has 0 radical (unpaired) electrons. The van der Waals surface area contributed by atoms with Crippen LogP contribution in [-0.4, -0.2) is 43.1 Å². The number of nitrogens with zero attached hydrogens (tertiary/aromatic N) is 4. The number of aliphatic hydroxyl groups is 2. The lowest BCUT2D eigenvalue weighted by Crippen LogP contribution is -2.13. The van der Waals surface area contributed by atoms with E-state index in [0.717, 1.165) is 10.9 Å². The molecule has 0 saturated carbocycles. The van der Waals surface area contributed by atoms with Crippen LogP contribution in [0.3, 0.4) is 0 Å². The van der Waals surface area contributed by atoms with E-state index in [0.29, 0.717) is 24.6 Å². The summed E-state index contributed by atoms with van der Waals surface area (Å²) in [5.74, 6) is 0.615. The molecule has 3 aromatic rings. The Kier molecular flexibility index (Phi) is 4.27. The average molecular weight is 299 g/mol. The van der Waals surface area contributed by atoms with Gasteiger partial charge < -0.3 is 15.5 Å². The molecule has 0 aliphatic carbocycles. The van der Waals surface area contributed by atoms with Crippen LogP contribution in [0.2, 0.25) is 0 Å². The molecule has 2 heterocycles. The summed E-state index contributed by atoms with van der Waals surface area (Å²) in [5, 5.41) is 27.3. The summed E-state index contributed by atoms with van der Waals surface area (Å²) in [6.45, 7) is 0.712. The number of hydrogen-bond acceptors (Lipinski definition) is 6. The summed E-state index contributed by atoms with van der Waals surface area (Å²) in [7, 11) is 0. The quantitative estimate of drug-likeness (QED) is 0.627. The van der Waals surface area contributed by atoms with Gasteiger partial charge in [0.15, 0.2) is 5.65 Å². The highest BCUT2D eigenvalue weighted by atomic mass is 16.3. The maximum atomic E-state index is 10.2. The molecular weight excluding hydrogens is 282 g/mol. The van der Waals surface area contributed by atoms with Gasteiger partial charge in [-0.2, -0.15) is 5.10 Å². The van der Waals surface area contributed by atoms with Gasteiger partial charge in [0.1, 0.15) is 12.1 Å². The SMILES string of the molecule is OCCn1ncc2c(NCC(O)c3ccccc3)ncnc21. The van der Waals surface area contributed by atoms with Gasteiger partial charge in [0.25, 0.3) is 0 Å². The molecule has 0 saturated heterocycles. The van der Waals surface area contributed by atoms with E-state index in [1.54, 1.807) is 10.9 Å². The first kappa shape index (κ1) is 14.4. The summed E-state index contributed by atoms with van der Waals surface area (Å²) in [6.07, 6.45) is 2.47. The fraction of sp³-hybridized carbons (Fsp3) is 0.267. The largest absolute Gasteiger partial charge is 0.394 e. The molecule has 3 N–H and O–H groups in total. The van der Waals surface area contributed by atoms with Gasteiger partial charge >= 0.3 is 0 Å². The van der Waals surface area contributed by atoms with E-state index in [-0.39, 0.29) is 6.61 Å². The van der Waals surface area contributed by atoms with Gasteiger partial charge in [-0.25, -0.2) is 14.6 Å². The van der Waals surface area contributed by atoms with Gasteiger partial charge in [0, 0.05) is 6.54 Å². The van der Waals surface area contributed by atoms with Crippen LogP contribution in [0.25, 0.3) is 11.0 Å². The Hall–Kier alpha value is -2.51. The standard InChI is InChI=1S/C15H17N5O2/c21-7-6-20-15-12(8-19-20)14(17-10-18-15)16-9-13(22)11-4-2-1-3-5-11/h1-5,8,10,13,21-22H,6-7,9H2,(H,16,17,18). The molecule has 7 nitrogen and oxygen atoms in total. The van der Waals surface area contributed by atoms with Gasteiger partial charge in [-0.15, -0.1) is 0 Å². The summed E-state index contributed by atoms with van der Waals surface area (Å²) >= 11 is 0. The number of benzene rings is 1. The fourth-order valence-electron chi connectivity index (χ4n) is 2.28. The summed E-state index contributed by atoms with van der Waals surface area (Å²) in [5.41, 5.74) is 1.50. The van der Waals surface area contributed by atoms with E-state index < -0.39 is 6.10 Å². The van der Waals surface area contributed by atoms with Crippen molar-refractivity contribution in [2.75, 3.05) is 18.5 Å². The van der Waals surface area contributed by atoms with Gasteiger partial charge in [-0.1, -0.05) is 30.3 Å². The van der Waals surface area contributed by atoms with Crippen molar-refractivity contribution in [3.8, 4) is 0 Å². The van der Waals surface area contributed by atoms with Crippen molar-refractivity contribution >= 4 is 16.9 Å². The molecule has 1 atom stereocenters. The molecule has 22 heavy (non-hydrogen) atoms. The molecule has 3 rings (SSSR count). The molecule has 0 bridgehead atoms. The van der Waals surface area contributed by atoms with Gasteiger partial charge in [-0.05, 0) is 5.56 Å². The van der Waals surface area contributed by atoms with Gasteiger partial charge in [-0.3, -0.25) is 0 Å². The van der Waals surface area contributed by atoms with Crippen LogP contribution in [0.1, 0.15) is 11.7 Å². The Morgan fingerprint density at radius 3 is 2.77 bits per heavy atom. The van der Waals surface area contributed by atoms with Crippen molar-refractivity contribution in [1.29, 1.82) is 0 Å². The second-order valence-electron chi connectivity index (χ2n) is 4.86. The minimum Gasteiger partial charge on any atom is -0.394 e. The monoisotopic (exact) mass is 299 g/mol. The van der Waals surface area contributed by atoms with Crippen LogP contribution >= 0.6 is 0 Å². The lowest BCUT2D eigenvalue weighted by atomic mass is 10.1. The van der Waals surface area contributed by atoms with E-state index in [1.807, 2.05) is 30.3 Å². The van der Waals surface area contributed by atoms with Gasteiger partial charge in [0.05, 0.1) is 30.8 Å². The van der Waals surface area contributed by atoms with E-state index in [9.17, 15) is 5.11 Å². The zero-order chi connectivity index (χ0) is 15.4. The lowest BCUT2D eigenvalue weighted by Gasteiger charge is -2.12. The van der Waals surface area contributed by atoms with Crippen LogP contribution < -0.4 is 5.32 Å². The first-order chi connectivity index (χ1) is 10.8. The summed E-state index contributed by atoms with van der Waals surface area (Å²) in [4.78, 5) is 8.38. The number of aromatic nitrogens is 4. The smallest absolute Gasteiger partial charge is 0.163 e. The molecular formula is C15H17N5O2. The van der Waals surface area contributed by atoms with E-state index in [4.69, 9.17) is 5.11 Å². The number of hydrogen-bond donors (Lipinski definition) is 3. The van der Waals surface area contributed by atoms with E-state index in [1.165, 1.54) is 6.33 Å². The number of rotatable bonds is 6. The third-order valence-corrected chi connectivity index (χ3v) is 3.39. The predicted octanol–water partition coefficient (Wildman–Crippen LogP) is 0.964. The number of anilines is 1. The molecule has 0 fully saturated rings. The van der Waals surface area contributed by atoms with E-state index in [2.05, 4.69) is 20.4 Å². The fourth-order valence-corrected chi connectivity index (χ4v) is 2.28. The van der Waals surface area contributed by atoms with Crippen molar-refractivity contribution in [3.05, 3.63) is 48.4 Å². The maximum Gasteiger partial charge on any atom is 0.163 e. The van der Waals surface area contributed by atoms with Crippen molar-refractivity contribution in [1.82, 2.24) is 19.7 Å². The number of nitrogens with one attached hydrogen (secondary N) is 1. The second-order valence-corrected chi connectivity index (χ2v) is 4.86. The van der Waals surface area contributed by atoms with Crippen LogP contribution in [0.4, 0.5) is 5.82 Å². The van der Waals surface area contributed by atoms with Crippen molar-refractivity contribution < 1.29 is 10.2 Å². The first-order valence-corrected chi connectivity index (χ1v) is 7.04. The second kappa shape index (κ2) is 6.50. The highest BCUT2D eigenvalue weighted by Gasteiger charge is 2.11. The third kappa shape index (κ3) is 2.90. The Labute approximate surface area is 127 Å². The maximum absolute atomic E-state index is 10.2. The lowest BCUT2D eigenvalue weighted by molar-refractivity contribution is 0.191. The first-order valence-electron chi connectivity index (χ1n) is 7.04. The minimum atomic E-state index is -0.626. The Balaban J connectivity index is 1.77. The highest BCUT2D eigenvalue weighted by Crippen LogP contribution is 2.20. The number of fused-ring (bicyclic) bond motifs is 1. The third-order valence-electron chi connectivity index (χ3n) is 3.39. The van der Waals surface area contributed by atoms with Crippen LogP contribution in [-0.2, 0) is 6.54 Å². The molecule has 2 aromatic heterocycles. The Bertz CT molecular complexity index is 744. The van der Waals surface area contributed by atoms with Crippen molar-refractivity contribution in [2.45, 2.75) is 12.6 Å². The Morgan fingerprint density at radius 1 is 1.18 bits per heavy atom. The predicted molar refractivity (Wildman–Crippen MR) is 82.3 cm³/mol. The number of aliphatic hydroxyl groups excluding tert-OH is 2. The van der Waals surface area contributed by atoms with Crippen LogP contribution in [0.5, 0.6) is 0 Å². The normalized spacial score (nSPS) is 12.5. The molecule has 0 amide bonds. The molecule has 114 valence electrons. The topological polar surface area (TPSA) is 96.1 Å². The summed E-state index contributed by atoms with van der Waals surface area (Å²) in [6, 6.07) is 9.44. The molecule has 0 spiro atoms. The molecule has 0 aliphatic heterocycles. The molecule has 0 aliphatic rings. The van der Waals surface area contributed by atoms with Crippen molar-refractivity contribution in [3.63, 3.8) is 0 Å². The molecule has 1 unspecified atom stereocenters. The average Bonchev–Trinajstić information content (AvgIpc) is 2.97. The van der Waals surface area contributed by atoms with Crippen LogP contribution in [0.15, 0.2) is 42.9 Å². The highest BCUT2D eigenvalue weighted by molar-refractivity contribution is 5.86. The van der Waals surface area contributed by atoms with Gasteiger partial charge in [0.2, 0.25) is 0 Å². The van der Waals surface area contributed by atoms with E-state index >= 15 is 0 Å².